The molecule has 9 heteroatoms. The molecule has 182 valence electrons. The molecule has 0 bridgehead atoms. The summed E-state index contributed by atoms with van der Waals surface area (Å²) in [7, 11) is 0. The fourth-order valence-electron chi connectivity index (χ4n) is 4.17. The first kappa shape index (κ1) is 24.5. The van der Waals surface area contributed by atoms with Crippen LogP contribution in [0, 0.1) is 0 Å². The molecular formula is C26H27ClN4O4. The van der Waals surface area contributed by atoms with Crippen molar-refractivity contribution >= 4 is 40.4 Å². The molecule has 0 spiro atoms. The minimum absolute atomic E-state index is 0.139. The summed E-state index contributed by atoms with van der Waals surface area (Å²) in [5.41, 5.74) is 8.10. The molecule has 0 aliphatic carbocycles. The number of ether oxygens (including phenoxy) is 1. The highest BCUT2D eigenvalue weighted by atomic mass is 35.5. The topological polar surface area (TPSA) is 106 Å². The van der Waals surface area contributed by atoms with E-state index in [-0.39, 0.29) is 18.0 Å². The SMILES string of the molecule is CCCOC(=O)N1CCN(C(=O)c2ccc3c(Cl)cc(-c4cccc(C(N)=O)c4)nc3c2)C[C@H]1C. The van der Waals surface area contributed by atoms with Crippen LogP contribution in [0.1, 0.15) is 41.0 Å². The smallest absolute Gasteiger partial charge is 0.410 e. The van der Waals surface area contributed by atoms with Gasteiger partial charge in [0, 0.05) is 47.8 Å². The highest BCUT2D eigenvalue weighted by molar-refractivity contribution is 6.35. The van der Waals surface area contributed by atoms with Crippen molar-refractivity contribution in [2.75, 3.05) is 26.2 Å². The summed E-state index contributed by atoms with van der Waals surface area (Å²) in [6.07, 6.45) is 0.417. The molecule has 1 aliphatic rings. The van der Waals surface area contributed by atoms with E-state index in [1.165, 1.54) is 0 Å². The van der Waals surface area contributed by atoms with Crippen LogP contribution < -0.4 is 5.73 Å². The number of benzene rings is 2. The van der Waals surface area contributed by atoms with E-state index in [0.717, 1.165) is 11.8 Å². The van der Waals surface area contributed by atoms with Crippen LogP contribution in [0.4, 0.5) is 4.79 Å². The van der Waals surface area contributed by atoms with Gasteiger partial charge in [0.15, 0.2) is 0 Å². The lowest BCUT2D eigenvalue weighted by molar-refractivity contribution is 0.0412. The maximum Gasteiger partial charge on any atom is 0.410 e. The molecule has 1 saturated heterocycles. The fourth-order valence-corrected chi connectivity index (χ4v) is 4.43. The van der Waals surface area contributed by atoms with Crippen LogP contribution >= 0.6 is 11.6 Å². The number of nitrogens with two attached hydrogens (primary N) is 1. The Balaban J connectivity index is 1.57. The Kier molecular flexibility index (Phi) is 7.21. The molecule has 0 radical (unpaired) electrons. The maximum atomic E-state index is 13.3. The third kappa shape index (κ3) is 5.22. The zero-order valence-corrected chi connectivity index (χ0v) is 20.4. The molecular weight excluding hydrogens is 468 g/mol. The number of piperazine rings is 1. The Morgan fingerprint density at radius 1 is 1.11 bits per heavy atom. The van der Waals surface area contributed by atoms with Gasteiger partial charge in [0.05, 0.1) is 22.8 Å². The average molecular weight is 495 g/mol. The van der Waals surface area contributed by atoms with Gasteiger partial charge in [-0.1, -0.05) is 36.7 Å². The van der Waals surface area contributed by atoms with Crippen molar-refractivity contribution in [3.05, 3.63) is 64.7 Å². The summed E-state index contributed by atoms with van der Waals surface area (Å²) in [4.78, 5) is 45.2. The number of pyridine rings is 1. The Bertz CT molecular complexity index is 1300. The number of amides is 3. The van der Waals surface area contributed by atoms with Gasteiger partial charge in [-0.2, -0.15) is 0 Å². The molecule has 8 nitrogen and oxygen atoms in total. The van der Waals surface area contributed by atoms with Crippen LogP contribution in [-0.4, -0.2) is 65.0 Å². The molecule has 3 aromatic rings. The molecule has 1 aliphatic heterocycles. The zero-order chi connectivity index (χ0) is 25.1. The number of fused-ring (bicyclic) bond motifs is 1. The molecule has 4 rings (SSSR count). The normalized spacial score (nSPS) is 15.8. The van der Waals surface area contributed by atoms with Gasteiger partial charge in [-0.3, -0.25) is 9.59 Å². The summed E-state index contributed by atoms with van der Waals surface area (Å²) in [5.74, 6) is -0.668. The third-order valence-corrected chi connectivity index (χ3v) is 6.34. The minimum Gasteiger partial charge on any atom is -0.449 e. The van der Waals surface area contributed by atoms with Gasteiger partial charge < -0.3 is 20.3 Å². The van der Waals surface area contributed by atoms with Crippen molar-refractivity contribution in [2.24, 2.45) is 5.73 Å². The number of carbonyl (C=O) groups is 3. The quantitative estimate of drug-likeness (QED) is 0.567. The molecule has 2 heterocycles. The van der Waals surface area contributed by atoms with Crippen LogP contribution in [0.25, 0.3) is 22.2 Å². The second-order valence-electron chi connectivity index (χ2n) is 8.57. The van der Waals surface area contributed by atoms with Gasteiger partial charge in [-0.25, -0.2) is 9.78 Å². The Morgan fingerprint density at radius 3 is 2.63 bits per heavy atom. The van der Waals surface area contributed by atoms with Gasteiger partial charge in [-0.15, -0.1) is 0 Å². The van der Waals surface area contributed by atoms with Gasteiger partial charge in [0.1, 0.15) is 0 Å². The lowest BCUT2D eigenvalue weighted by atomic mass is 10.0. The number of hydrogen-bond acceptors (Lipinski definition) is 5. The minimum atomic E-state index is -0.528. The molecule has 3 amide bonds. The van der Waals surface area contributed by atoms with E-state index in [1.807, 2.05) is 19.9 Å². The summed E-state index contributed by atoms with van der Waals surface area (Å²) in [5, 5.41) is 1.20. The molecule has 35 heavy (non-hydrogen) atoms. The molecule has 1 aromatic heterocycles. The van der Waals surface area contributed by atoms with E-state index in [2.05, 4.69) is 0 Å². The van der Waals surface area contributed by atoms with Crippen molar-refractivity contribution < 1.29 is 19.1 Å². The van der Waals surface area contributed by atoms with Gasteiger partial charge in [-0.05, 0) is 43.7 Å². The molecule has 1 atom stereocenters. The van der Waals surface area contributed by atoms with Crippen LogP contribution in [0.2, 0.25) is 5.02 Å². The molecule has 0 saturated carbocycles. The number of halogens is 1. The lowest BCUT2D eigenvalue weighted by Gasteiger charge is -2.39. The maximum absolute atomic E-state index is 13.3. The van der Waals surface area contributed by atoms with E-state index in [1.54, 1.807) is 52.3 Å². The Labute approximate surface area is 208 Å². The van der Waals surface area contributed by atoms with Crippen molar-refractivity contribution in [1.29, 1.82) is 0 Å². The first-order valence-electron chi connectivity index (χ1n) is 11.5. The van der Waals surface area contributed by atoms with Crippen molar-refractivity contribution in [1.82, 2.24) is 14.8 Å². The van der Waals surface area contributed by atoms with Crippen LogP contribution in [0.15, 0.2) is 48.5 Å². The molecule has 0 unspecified atom stereocenters. The fraction of sp³-hybridized carbons (Fsp3) is 0.308. The predicted octanol–water partition coefficient (Wildman–Crippen LogP) is 4.35. The predicted molar refractivity (Wildman–Crippen MR) is 134 cm³/mol. The number of primary amides is 1. The number of hydrogen-bond donors (Lipinski definition) is 1. The number of carbonyl (C=O) groups excluding carboxylic acids is 3. The monoisotopic (exact) mass is 494 g/mol. The average Bonchev–Trinajstić information content (AvgIpc) is 2.86. The first-order valence-corrected chi connectivity index (χ1v) is 11.9. The van der Waals surface area contributed by atoms with Gasteiger partial charge in [0.2, 0.25) is 5.91 Å². The van der Waals surface area contributed by atoms with Crippen LogP contribution in [-0.2, 0) is 4.74 Å². The number of nitrogens with zero attached hydrogens (tertiary/aromatic N) is 3. The van der Waals surface area contributed by atoms with Gasteiger partial charge in [0.25, 0.3) is 5.91 Å². The molecule has 1 fully saturated rings. The summed E-state index contributed by atoms with van der Waals surface area (Å²) < 4.78 is 5.25. The number of rotatable bonds is 5. The lowest BCUT2D eigenvalue weighted by Crippen LogP contribution is -2.55. The second kappa shape index (κ2) is 10.3. The van der Waals surface area contributed by atoms with Crippen molar-refractivity contribution in [3.63, 3.8) is 0 Å². The van der Waals surface area contributed by atoms with E-state index in [9.17, 15) is 14.4 Å². The highest BCUT2D eigenvalue weighted by Gasteiger charge is 2.31. The van der Waals surface area contributed by atoms with Crippen molar-refractivity contribution in [2.45, 2.75) is 26.3 Å². The molecule has 2 N–H and O–H groups in total. The first-order chi connectivity index (χ1) is 16.8. The Morgan fingerprint density at radius 2 is 1.91 bits per heavy atom. The largest absolute Gasteiger partial charge is 0.449 e. The Hall–Kier alpha value is -3.65. The van der Waals surface area contributed by atoms with Crippen LogP contribution in [0.5, 0.6) is 0 Å². The summed E-state index contributed by atoms with van der Waals surface area (Å²) in [6, 6.07) is 13.6. The standard InChI is InChI=1S/C26H27ClN4O4/c1-3-11-35-26(34)31-10-9-30(15-16(31)2)25(33)19-7-8-20-21(27)14-22(29-23(20)13-19)17-5-4-6-18(12-17)24(28)32/h4-8,12-14,16H,3,9-11,15H2,1-2H3,(H2,28,32)/t16-/m1/s1. The zero-order valence-electron chi connectivity index (χ0n) is 19.7. The van der Waals surface area contributed by atoms with E-state index in [4.69, 9.17) is 27.1 Å². The number of aromatic nitrogens is 1. The molecule has 2 aromatic carbocycles. The summed E-state index contributed by atoms with van der Waals surface area (Å²) >= 11 is 6.52. The summed E-state index contributed by atoms with van der Waals surface area (Å²) in [6.45, 7) is 5.46. The van der Waals surface area contributed by atoms with Crippen LogP contribution in [0.3, 0.4) is 0 Å². The van der Waals surface area contributed by atoms with E-state index >= 15 is 0 Å². The third-order valence-electron chi connectivity index (χ3n) is 6.03. The van der Waals surface area contributed by atoms with Gasteiger partial charge >= 0.3 is 6.09 Å². The highest BCUT2D eigenvalue weighted by Crippen LogP contribution is 2.29. The van der Waals surface area contributed by atoms with Crippen molar-refractivity contribution in [3.8, 4) is 11.3 Å². The van der Waals surface area contributed by atoms with E-state index in [0.29, 0.717) is 59.2 Å². The van der Waals surface area contributed by atoms with E-state index < -0.39 is 5.91 Å². The second-order valence-corrected chi connectivity index (χ2v) is 8.98.